The van der Waals surface area contributed by atoms with Crippen LogP contribution in [0.4, 0.5) is 5.69 Å². The van der Waals surface area contributed by atoms with Crippen LogP contribution >= 0.6 is 0 Å². The molecule has 2 nitrogen and oxygen atoms in total. The highest BCUT2D eigenvalue weighted by Crippen LogP contribution is 2.33. The Labute approximate surface area is 122 Å². The highest BCUT2D eigenvalue weighted by Gasteiger charge is 2.33. The van der Waals surface area contributed by atoms with Crippen LogP contribution in [0.25, 0.3) is 0 Å². The number of nitrogens with two attached hydrogens (primary N) is 1. The molecule has 0 radical (unpaired) electrons. The van der Waals surface area contributed by atoms with Crippen LogP contribution in [0, 0.1) is 17.8 Å². The van der Waals surface area contributed by atoms with E-state index >= 15 is 0 Å². The van der Waals surface area contributed by atoms with E-state index in [4.69, 9.17) is 10.5 Å². The van der Waals surface area contributed by atoms with Gasteiger partial charge in [0.15, 0.2) is 0 Å². The molecule has 0 unspecified atom stereocenters. The summed E-state index contributed by atoms with van der Waals surface area (Å²) in [6.45, 7) is 8.84. The monoisotopic (exact) mass is 271 g/mol. The highest BCUT2D eigenvalue weighted by molar-refractivity contribution is 5.42. The number of ether oxygens (including phenoxy) is 1. The van der Waals surface area contributed by atoms with Crippen LogP contribution < -0.4 is 10.5 Å². The van der Waals surface area contributed by atoms with E-state index in [1.54, 1.807) is 0 Å². The molecule has 1 aliphatic rings. The largest absolute Gasteiger partial charge is 0.479 e. The highest BCUT2D eigenvalue weighted by atomic mass is 16.5. The molecule has 0 spiro atoms. The van der Waals surface area contributed by atoms with Gasteiger partial charge in [0.05, 0.1) is 0 Å². The first-order valence-corrected chi connectivity index (χ1v) is 7.36. The Hall–Kier alpha value is -1.70. The Morgan fingerprint density at radius 1 is 1.00 bits per heavy atom. The molecule has 0 bridgehead atoms. The van der Waals surface area contributed by atoms with Gasteiger partial charge in [0.25, 0.3) is 0 Å². The van der Waals surface area contributed by atoms with Crippen LogP contribution in [-0.4, -0.2) is 5.60 Å². The molecule has 0 fully saturated rings. The second-order valence-corrected chi connectivity index (χ2v) is 6.22. The summed E-state index contributed by atoms with van der Waals surface area (Å²) >= 11 is 0. The standard InChI is InChI=1S/C18H25NO/c1-13(2)15-9-11-18(12-10-15,14(3)4)20-17-7-5-16(19)6-8-17/h5-15H,19H2,1-4H3. The number of anilines is 1. The van der Waals surface area contributed by atoms with Crippen LogP contribution in [0.2, 0.25) is 0 Å². The normalized spacial score (nSPS) is 25.4. The first-order valence-electron chi connectivity index (χ1n) is 7.36. The lowest BCUT2D eigenvalue weighted by Crippen LogP contribution is -2.39. The van der Waals surface area contributed by atoms with E-state index in [-0.39, 0.29) is 5.60 Å². The number of nitrogen functional groups attached to an aromatic ring is 1. The number of benzene rings is 1. The van der Waals surface area contributed by atoms with Crippen molar-refractivity contribution in [3.8, 4) is 5.75 Å². The lowest BCUT2D eigenvalue weighted by atomic mass is 9.81. The third kappa shape index (κ3) is 3.06. The summed E-state index contributed by atoms with van der Waals surface area (Å²) in [6.07, 6.45) is 8.95. The minimum Gasteiger partial charge on any atom is -0.479 e. The Morgan fingerprint density at radius 3 is 2.00 bits per heavy atom. The molecule has 1 aromatic rings. The van der Waals surface area contributed by atoms with Gasteiger partial charge in [0, 0.05) is 11.6 Å². The van der Waals surface area contributed by atoms with Gasteiger partial charge in [0.2, 0.25) is 0 Å². The average molecular weight is 271 g/mol. The molecule has 0 amide bonds. The zero-order chi connectivity index (χ0) is 14.8. The third-order valence-corrected chi connectivity index (χ3v) is 4.00. The van der Waals surface area contributed by atoms with Crippen molar-refractivity contribution in [3.05, 3.63) is 48.6 Å². The molecule has 2 rings (SSSR count). The molecule has 2 N–H and O–H groups in total. The van der Waals surface area contributed by atoms with Crippen molar-refractivity contribution in [1.82, 2.24) is 0 Å². The number of allylic oxidation sites excluding steroid dienone is 2. The Bertz CT molecular complexity index is 483. The minimum atomic E-state index is -0.360. The average Bonchev–Trinajstić information content (AvgIpc) is 2.42. The fourth-order valence-electron chi connectivity index (χ4n) is 2.40. The maximum absolute atomic E-state index is 6.26. The van der Waals surface area contributed by atoms with E-state index in [1.807, 2.05) is 24.3 Å². The lowest BCUT2D eigenvalue weighted by molar-refractivity contribution is 0.116. The minimum absolute atomic E-state index is 0.360. The molecule has 1 aliphatic carbocycles. The zero-order valence-corrected chi connectivity index (χ0v) is 12.8. The van der Waals surface area contributed by atoms with Gasteiger partial charge in [-0.15, -0.1) is 0 Å². The molecular formula is C18H25NO. The van der Waals surface area contributed by atoms with Crippen molar-refractivity contribution in [3.63, 3.8) is 0 Å². The quantitative estimate of drug-likeness (QED) is 0.649. The summed E-state index contributed by atoms with van der Waals surface area (Å²) in [6, 6.07) is 7.60. The van der Waals surface area contributed by atoms with Gasteiger partial charge in [-0.25, -0.2) is 0 Å². The van der Waals surface area contributed by atoms with Crippen molar-refractivity contribution in [1.29, 1.82) is 0 Å². The second-order valence-electron chi connectivity index (χ2n) is 6.22. The molecule has 0 saturated carbocycles. The van der Waals surface area contributed by atoms with E-state index in [9.17, 15) is 0 Å². The van der Waals surface area contributed by atoms with Gasteiger partial charge in [-0.2, -0.15) is 0 Å². The number of rotatable bonds is 4. The molecule has 0 aromatic heterocycles. The summed E-state index contributed by atoms with van der Waals surface area (Å²) in [5, 5.41) is 0. The SMILES string of the molecule is CC(C)C1C=CC(Oc2ccc(N)cc2)(C(C)C)C=C1. The lowest BCUT2D eigenvalue weighted by Gasteiger charge is -2.36. The Balaban J connectivity index is 2.22. The zero-order valence-electron chi connectivity index (χ0n) is 12.8. The summed E-state index contributed by atoms with van der Waals surface area (Å²) in [5.74, 6) is 2.33. The van der Waals surface area contributed by atoms with Crippen LogP contribution in [0.15, 0.2) is 48.6 Å². The van der Waals surface area contributed by atoms with Gasteiger partial charge in [0.1, 0.15) is 11.4 Å². The van der Waals surface area contributed by atoms with E-state index in [0.29, 0.717) is 17.8 Å². The second kappa shape index (κ2) is 5.74. The van der Waals surface area contributed by atoms with Gasteiger partial charge in [-0.05, 0) is 48.3 Å². The summed E-state index contributed by atoms with van der Waals surface area (Å²) in [5.41, 5.74) is 6.12. The number of hydrogen-bond donors (Lipinski definition) is 1. The maximum atomic E-state index is 6.26. The van der Waals surface area contributed by atoms with Crippen LogP contribution in [-0.2, 0) is 0 Å². The van der Waals surface area contributed by atoms with E-state index in [1.165, 1.54) is 0 Å². The van der Waals surface area contributed by atoms with Gasteiger partial charge in [-0.3, -0.25) is 0 Å². The summed E-state index contributed by atoms with van der Waals surface area (Å²) in [7, 11) is 0. The van der Waals surface area contributed by atoms with Crippen molar-refractivity contribution in [2.75, 3.05) is 5.73 Å². The van der Waals surface area contributed by atoms with Crippen LogP contribution in [0.5, 0.6) is 5.75 Å². The Kier molecular flexibility index (Phi) is 4.22. The molecule has 2 heteroatoms. The third-order valence-electron chi connectivity index (χ3n) is 4.00. The van der Waals surface area contributed by atoms with Crippen molar-refractivity contribution in [2.45, 2.75) is 33.3 Å². The predicted octanol–water partition coefficient (Wildman–Crippen LogP) is 4.44. The molecule has 0 aliphatic heterocycles. The van der Waals surface area contributed by atoms with Crippen LogP contribution in [0.1, 0.15) is 27.7 Å². The molecule has 0 saturated heterocycles. The number of hydrogen-bond acceptors (Lipinski definition) is 2. The smallest absolute Gasteiger partial charge is 0.148 e. The first kappa shape index (κ1) is 14.7. The van der Waals surface area contributed by atoms with Crippen molar-refractivity contribution < 1.29 is 4.74 Å². The van der Waals surface area contributed by atoms with Crippen molar-refractivity contribution >= 4 is 5.69 Å². The molecular weight excluding hydrogens is 246 g/mol. The van der Waals surface area contributed by atoms with E-state index < -0.39 is 0 Å². The van der Waals surface area contributed by atoms with Gasteiger partial charge >= 0.3 is 0 Å². The van der Waals surface area contributed by atoms with Crippen LogP contribution in [0.3, 0.4) is 0 Å². The first-order chi connectivity index (χ1) is 9.43. The summed E-state index contributed by atoms with van der Waals surface area (Å²) < 4.78 is 6.26. The van der Waals surface area contributed by atoms with E-state index in [2.05, 4.69) is 52.0 Å². The molecule has 0 atom stereocenters. The predicted molar refractivity (Wildman–Crippen MR) is 85.7 cm³/mol. The van der Waals surface area contributed by atoms with E-state index in [0.717, 1.165) is 11.4 Å². The summed E-state index contributed by atoms with van der Waals surface area (Å²) in [4.78, 5) is 0. The van der Waals surface area contributed by atoms with Gasteiger partial charge in [-0.1, -0.05) is 39.8 Å². The Morgan fingerprint density at radius 2 is 1.55 bits per heavy atom. The molecule has 1 aromatic carbocycles. The maximum Gasteiger partial charge on any atom is 0.148 e. The molecule has 0 heterocycles. The molecule has 20 heavy (non-hydrogen) atoms. The van der Waals surface area contributed by atoms with Gasteiger partial charge < -0.3 is 10.5 Å². The van der Waals surface area contributed by atoms with Crippen molar-refractivity contribution in [2.24, 2.45) is 17.8 Å². The fourth-order valence-corrected chi connectivity index (χ4v) is 2.40. The topological polar surface area (TPSA) is 35.2 Å². The molecule has 108 valence electrons. The fraction of sp³-hybridized carbons (Fsp3) is 0.444.